The fourth-order valence-corrected chi connectivity index (χ4v) is 2.18. The standard InChI is InChI=1S/C11H16N4O/c12-8-3-4-15(6-8)11(16)10-5-9(13-14-10)7-1-2-7/h5,7-8H,1-4,6,12H2,(H,13,14)/t8-/m1/s1. The number of carbonyl (C=O) groups excluding carboxylic acids is 1. The average molecular weight is 220 g/mol. The molecular weight excluding hydrogens is 204 g/mol. The van der Waals surface area contributed by atoms with Gasteiger partial charge >= 0.3 is 0 Å². The lowest BCUT2D eigenvalue weighted by molar-refractivity contribution is 0.0785. The molecule has 1 atom stereocenters. The highest BCUT2D eigenvalue weighted by molar-refractivity contribution is 5.92. The van der Waals surface area contributed by atoms with Gasteiger partial charge in [0, 0.05) is 30.7 Å². The van der Waals surface area contributed by atoms with Crippen molar-refractivity contribution in [3.05, 3.63) is 17.5 Å². The van der Waals surface area contributed by atoms with Crippen molar-refractivity contribution in [2.45, 2.75) is 31.2 Å². The topological polar surface area (TPSA) is 75.0 Å². The van der Waals surface area contributed by atoms with Gasteiger partial charge in [-0.25, -0.2) is 0 Å². The molecule has 16 heavy (non-hydrogen) atoms. The highest BCUT2D eigenvalue weighted by Gasteiger charge is 2.29. The molecule has 3 N–H and O–H groups in total. The maximum Gasteiger partial charge on any atom is 0.274 e. The van der Waals surface area contributed by atoms with Crippen LogP contribution in [0.15, 0.2) is 6.07 Å². The fourth-order valence-electron chi connectivity index (χ4n) is 2.18. The molecule has 1 aromatic rings. The summed E-state index contributed by atoms with van der Waals surface area (Å²) < 4.78 is 0. The van der Waals surface area contributed by atoms with Gasteiger partial charge in [0.15, 0.2) is 0 Å². The van der Waals surface area contributed by atoms with Crippen LogP contribution in [0.2, 0.25) is 0 Å². The number of likely N-dealkylation sites (tertiary alicyclic amines) is 1. The first kappa shape index (κ1) is 9.84. The number of aromatic nitrogens is 2. The van der Waals surface area contributed by atoms with Gasteiger partial charge in [-0.3, -0.25) is 9.89 Å². The van der Waals surface area contributed by atoms with E-state index < -0.39 is 0 Å². The van der Waals surface area contributed by atoms with E-state index in [4.69, 9.17) is 5.73 Å². The molecule has 2 heterocycles. The zero-order valence-electron chi connectivity index (χ0n) is 9.15. The van der Waals surface area contributed by atoms with Crippen LogP contribution in [-0.4, -0.2) is 40.1 Å². The first-order valence-electron chi connectivity index (χ1n) is 5.84. The van der Waals surface area contributed by atoms with Crippen LogP contribution in [0.5, 0.6) is 0 Å². The van der Waals surface area contributed by atoms with Crippen LogP contribution in [0.1, 0.15) is 41.4 Å². The van der Waals surface area contributed by atoms with Gasteiger partial charge in [-0.2, -0.15) is 5.10 Å². The van der Waals surface area contributed by atoms with E-state index in [0.717, 1.165) is 18.7 Å². The van der Waals surface area contributed by atoms with Gasteiger partial charge in [-0.15, -0.1) is 0 Å². The number of nitrogens with zero attached hydrogens (tertiary/aromatic N) is 2. The Balaban J connectivity index is 1.73. The van der Waals surface area contributed by atoms with Gasteiger partial charge in [0.1, 0.15) is 5.69 Å². The largest absolute Gasteiger partial charge is 0.336 e. The Kier molecular flexibility index (Phi) is 2.21. The first-order chi connectivity index (χ1) is 7.74. The summed E-state index contributed by atoms with van der Waals surface area (Å²) in [6.45, 7) is 1.41. The minimum Gasteiger partial charge on any atom is -0.336 e. The van der Waals surface area contributed by atoms with Crippen molar-refractivity contribution in [3.8, 4) is 0 Å². The van der Waals surface area contributed by atoms with Crippen LogP contribution in [0.25, 0.3) is 0 Å². The highest BCUT2D eigenvalue weighted by Crippen LogP contribution is 2.39. The lowest BCUT2D eigenvalue weighted by Gasteiger charge is -2.13. The molecule has 5 nitrogen and oxygen atoms in total. The summed E-state index contributed by atoms with van der Waals surface area (Å²) in [6.07, 6.45) is 3.32. The lowest BCUT2D eigenvalue weighted by Crippen LogP contribution is -2.32. The van der Waals surface area contributed by atoms with Gasteiger partial charge in [-0.1, -0.05) is 0 Å². The molecule has 1 aliphatic heterocycles. The molecule has 0 spiro atoms. The normalized spacial score (nSPS) is 25.1. The van der Waals surface area contributed by atoms with Crippen molar-refractivity contribution in [2.75, 3.05) is 13.1 Å². The van der Waals surface area contributed by atoms with Crippen LogP contribution in [-0.2, 0) is 0 Å². The zero-order valence-corrected chi connectivity index (χ0v) is 9.15. The second kappa shape index (κ2) is 3.59. The molecular formula is C11H16N4O. The molecule has 1 aliphatic carbocycles. The number of nitrogens with one attached hydrogen (secondary N) is 1. The van der Waals surface area contributed by atoms with Gasteiger partial charge in [0.2, 0.25) is 0 Å². The molecule has 1 saturated carbocycles. The van der Waals surface area contributed by atoms with E-state index in [0.29, 0.717) is 18.2 Å². The number of hydrogen-bond donors (Lipinski definition) is 2. The Bertz CT molecular complexity index is 410. The van der Waals surface area contributed by atoms with E-state index in [1.165, 1.54) is 12.8 Å². The van der Waals surface area contributed by atoms with Crippen LogP contribution in [0.4, 0.5) is 0 Å². The van der Waals surface area contributed by atoms with E-state index in [-0.39, 0.29) is 11.9 Å². The summed E-state index contributed by atoms with van der Waals surface area (Å²) >= 11 is 0. The fraction of sp³-hybridized carbons (Fsp3) is 0.636. The van der Waals surface area contributed by atoms with Crippen LogP contribution in [0, 0.1) is 0 Å². The molecule has 0 radical (unpaired) electrons. The van der Waals surface area contributed by atoms with Gasteiger partial charge in [0.05, 0.1) is 0 Å². The number of carbonyl (C=O) groups is 1. The summed E-state index contributed by atoms with van der Waals surface area (Å²) in [6, 6.07) is 2.02. The van der Waals surface area contributed by atoms with E-state index in [1.807, 2.05) is 6.07 Å². The molecule has 0 unspecified atom stereocenters. The van der Waals surface area contributed by atoms with Crippen LogP contribution < -0.4 is 5.73 Å². The third kappa shape index (κ3) is 1.71. The zero-order chi connectivity index (χ0) is 11.1. The third-order valence-corrected chi connectivity index (χ3v) is 3.35. The molecule has 2 fully saturated rings. The first-order valence-corrected chi connectivity index (χ1v) is 5.84. The molecule has 1 amide bonds. The number of rotatable bonds is 2. The van der Waals surface area contributed by atoms with Crippen LogP contribution in [0.3, 0.4) is 0 Å². The number of nitrogens with two attached hydrogens (primary N) is 1. The summed E-state index contributed by atoms with van der Waals surface area (Å²) in [5, 5.41) is 7.04. The number of H-pyrrole nitrogens is 1. The van der Waals surface area contributed by atoms with Gasteiger partial charge in [0.25, 0.3) is 5.91 Å². The summed E-state index contributed by atoms with van der Waals surface area (Å²) in [5.41, 5.74) is 7.42. The maximum absolute atomic E-state index is 12.0. The lowest BCUT2D eigenvalue weighted by atomic mass is 10.2. The molecule has 3 rings (SSSR count). The predicted octanol–water partition coefficient (Wildman–Crippen LogP) is 0.460. The average Bonchev–Trinajstić information content (AvgIpc) is 2.86. The Hall–Kier alpha value is -1.36. The Morgan fingerprint density at radius 2 is 2.31 bits per heavy atom. The SMILES string of the molecule is N[C@@H]1CCN(C(=O)c2cc(C3CC3)[nH]n2)C1. The summed E-state index contributed by atoms with van der Waals surface area (Å²) in [5.74, 6) is 0.617. The summed E-state index contributed by atoms with van der Waals surface area (Å²) in [4.78, 5) is 13.8. The molecule has 0 aromatic carbocycles. The molecule has 1 saturated heterocycles. The smallest absolute Gasteiger partial charge is 0.274 e. The molecule has 1 aromatic heterocycles. The minimum absolute atomic E-state index is 0.0103. The third-order valence-electron chi connectivity index (χ3n) is 3.35. The van der Waals surface area contributed by atoms with Crippen molar-refractivity contribution < 1.29 is 4.79 Å². The Morgan fingerprint density at radius 1 is 1.50 bits per heavy atom. The summed E-state index contributed by atoms with van der Waals surface area (Å²) in [7, 11) is 0. The van der Waals surface area contributed by atoms with Crippen molar-refractivity contribution in [1.82, 2.24) is 15.1 Å². The van der Waals surface area contributed by atoms with E-state index in [1.54, 1.807) is 4.90 Å². The van der Waals surface area contributed by atoms with Gasteiger partial charge in [-0.05, 0) is 25.3 Å². The number of aromatic amines is 1. The predicted molar refractivity (Wildman–Crippen MR) is 59.1 cm³/mol. The molecule has 86 valence electrons. The van der Waals surface area contributed by atoms with E-state index >= 15 is 0 Å². The van der Waals surface area contributed by atoms with E-state index in [2.05, 4.69) is 10.2 Å². The maximum atomic E-state index is 12.0. The number of amides is 1. The Morgan fingerprint density at radius 3 is 2.94 bits per heavy atom. The minimum atomic E-state index is 0.0103. The number of hydrogen-bond acceptors (Lipinski definition) is 3. The van der Waals surface area contributed by atoms with Crippen LogP contribution >= 0.6 is 0 Å². The molecule has 5 heteroatoms. The van der Waals surface area contributed by atoms with Crippen molar-refractivity contribution in [1.29, 1.82) is 0 Å². The quantitative estimate of drug-likeness (QED) is 0.760. The molecule has 2 aliphatic rings. The van der Waals surface area contributed by atoms with E-state index in [9.17, 15) is 4.79 Å². The van der Waals surface area contributed by atoms with Crippen molar-refractivity contribution in [2.24, 2.45) is 5.73 Å². The van der Waals surface area contributed by atoms with Gasteiger partial charge < -0.3 is 10.6 Å². The van der Waals surface area contributed by atoms with Crippen molar-refractivity contribution in [3.63, 3.8) is 0 Å². The Labute approximate surface area is 94.0 Å². The highest BCUT2D eigenvalue weighted by atomic mass is 16.2. The second-order valence-corrected chi connectivity index (χ2v) is 4.78. The monoisotopic (exact) mass is 220 g/mol. The van der Waals surface area contributed by atoms with Crippen molar-refractivity contribution >= 4 is 5.91 Å². The molecule has 0 bridgehead atoms. The second-order valence-electron chi connectivity index (χ2n) is 4.78.